The molecule has 0 saturated heterocycles. The number of aromatic amines is 1. The van der Waals surface area contributed by atoms with E-state index in [-0.39, 0.29) is 5.54 Å². The van der Waals surface area contributed by atoms with Crippen molar-refractivity contribution < 1.29 is 0 Å². The molecule has 1 atom stereocenters. The van der Waals surface area contributed by atoms with Crippen molar-refractivity contribution >= 4 is 17.0 Å². The van der Waals surface area contributed by atoms with Gasteiger partial charge in [0.05, 0.1) is 11.3 Å². The molecule has 0 aromatic carbocycles. The maximum atomic E-state index is 4.94. The van der Waals surface area contributed by atoms with Gasteiger partial charge in [0.15, 0.2) is 17.0 Å². The summed E-state index contributed by atoms with van der Waals surface area (Å²) in [5.74, 6) is 2.69. The van der Waals surface area contributed by atoms with Gasteiger partial charge in [-0.05, 0) is 51.5 Å². The second kappa shape index (κ2) is 7.65. The minimum Gasteiger partial charge on any atom is -0.363 e. The highest BCUT2D eigenvalue weighted by Crippen LogP contribution is 2.35. The molecule has 1 aliphatic carbocycles. The summed E-state index contributed by atoms with van der Waals surface area (Å²) in [6, 6.07) is 0. The van der Waals surface area contributed by atoms with Gasteiger partial charge in [-0.3, -0.25) is 5.10 Å². The molecule has 1 aliphatic rings. The lowest BCUT2D eigenvalue weighted by Gasteiger charge is -2.35. The summed E-state index contributed by atoms with van der Waals surface area (Å²) in [4.78, 5) is 22.8. The van der Waals surface area contributed by atoms with Crippen molar-refractivity contribution in [1.82, 2.24) is 39.7 Å². The third-order valence-corrected chi connectivity index (χ3v) is 6.33. The average molecular weight is 432 g/mol. The minimum atomic E-state index is -0.148. The molecule has 4 heterocycles. The highest BCUT2D eigenvalue weighted by atomic mass is 15.2. The highest BCUT2D eigenvalue weighted by molar-refractivity contribution is 5.86. The molecule has 0 saturated carbocycles. The lowest BCUT2D eigenvalue weighted by Crippen LogP contribution is -2.41. The second-order valence-electron chi connectivity index (χ2n) is 9.18. The van der Waals surface area contributed by atoms with Gasteiger partial charge in [-0.15, -0.1) is 0 Å². The van der Waals surface area contributed by atoms with Crippen LogP contribution in [0, 0.1) is 6.92 Å². The molecule has 166 valence electrons. The minimum absolute atomic E-state index is 0.148. The summed E-state index contributed by atoms with van der Waals surface area (Å²) >= 11 is 0. The predicted octanol–water partition coefficient (Wildman–Crippen LogP) is 3.82. The summed E-state index contributed by atoms with van der Waals surface area (Å²) < 4.78 is 2.09. The fourth-order valence-corrected chi connectivity index (χ4v) is 4.63. The Morgan fingerprint density at radius 3 is 2.69 bits per heavy atom. The van der Waals surface area contributed by atoms with Crippen LogP contribution < -0.4 is 5.32 Å². The topological polar surface area (TPSA) is 110 Å². The predicted molar refractivity (Wildman–Crippen MR) is 123 cm³/mol. The molecule has 5 rings (SSSR count). The van der Waals surface area contributed by atoms with Crippen LogP contribution in [0.1, 0.15) is 62.8 Å². The van der Waals surface area contributed by atoms with Gasteiger partial charge in [0.2, 0.25) is 0 Å². The van der Waals surface area contributed by atoms with Gasteiger partial charge in [-0.25, -0.2) is 24.9 Å². The Morgan fingerprint density at radius 2 is 1.97 bits per heavy atom. The number of H-pyrrole nitrogens is 1. The van der Waals surface area contributed by atoms with Crippen molar-refractivity contribution in [3.63, 3.8) is 0 Å². The Bertz CT molecular complexity index is 1270. The summed E-state index contributed by atoms with van der Waals surface area (Å²) in [6.45, 7) is 11.3. The zero-order chi connectivity index (χ0) is 22.5. The first kappa shape index (κ1) is 20.5. The second-order valence-corrected chi connectivity index (χ2v) is 9.18. The first-order chi connectivity index (χ1) is 15.4. The van der Waals surface area contributed by atoms with E-state index in [1.807, 2.05) is 19.3 Å². The molecule has 4 aromatic rings. The fraction of sp³-hybridized carbons (Fsp3) is 0.478. The number of fused-ring (bicyclic) bond motifs is 2. The fourth-order valence-electron chi connectivity index (χ4n) is 4.63. The SMILES string of the molecule is CCn1c(-c2cnc(C)nc2)nc2c(NC3(C)CCc4[nH]nc(C(C)C)c4C3)ncnc21. The molecule has 32 heavy (non-hydrogen) atoms. The summed E-state index contributed by atoms with van der Waals surface area (Å²) in [6.07, 6.45) is 8.08. The van der Waals surface area contributed by atoms with Crippen molar-refractivity contribution in [2.45, 2.75) is 71.9 Å². The average Bonchev–Trinajstić information content (AvgIpc) is 3.35. The Labute approximate surface area is 187 Å². The zero-order valence-corrected chi connectivity index (χ0v) is 19.3. The molecular weight excluding hydrogens is 402 g/mol. The molecule has 0 spiro atoms. The van der Waals surface area contributed by atoms with Crippen LogP contribution in [-0.2, 0) is 19.4 Å². The Kier molecular flexibility index (Phi) is 4.91. The van der Waals surface area contributed by atoms with Gasteiger partial charge < -0.3 is 9.88 Å². The highest BCUT2D eigenvalue weighted by Gasteiger charge is 2.34. The maximum absolute atomic E-state index is 4.94. The van der Waals surface area contributed by atoms with Crippen LogP contribution in [0.5, 0.6) is 0 Å². The smallest absolute Gasteiger partial charge is 0.165 e. The van der Waals surface area contributed by atoms with E-state index in [2.05, 4.69) is 67.7 Å². The van der Waals surface area contributed by atoms with Crippen molar-refractivity contribution in [2.75, 3.05) is 5.32 Å². The van der Waals surface area contributed by atoms with E-state index in [1.165, 1.54) is 11.3 Å². The van der Waals surface area contributed by atoms with Gasteiger partial charge in [0.25, 0.3) is 0 Å². The number of anilines is 1. The molecule has 9 nitrogen and oxygen atoms in total. The van der Waals surface area contributed by atoms with Crippen LogP contribution in [0.15, 0.2) is 18.7 Å². The van der Waals surface area contributed by atoms with Crippen LogP contribution in [0.3, 0.4) is 0 Å². The van der Waals surface area contributed by atoms with Crippen LogP contribution in [0.2, 0.25) is 0 Å². The molecule has 0 bridgehead atoms. The van der Waals surface area contributed by atoms with E-state index in [4.69, 9.17) is 4.98 Å². The normalized spacial score (nSPS) is 18.3. The molecule has 0 aliphatic heterocycles. The molecule has 2 N–H and O–H groups in total. The molecule has 4 aromatic heterocycles. The van der Waals surface area contributed by atoms with Gasteiger partial charge in [0.1, 0.15) is 18.0 Å². The summed E-state index contributed by atoms with van der Waals surface area (Å²) in [5.41, 5.74) is 6.07. The number of aryl methyl sites for hydroxylation is 3. The molecule has 0 fully saturated rings. The first-order valence-corrected chi connectivity index (χ1v) is 11.2. The lowest BCUT2D eigenvalue weighted by molar-refractivity contribution is 0.440. The number of aromatic nitrogens is 8. The monoisotopic (exact) mass is 431 g/mol. The summed E-state index contributed by atoms with van der Waals surface area (Å²) in [7, 11) is 0. The molecule has 0 radical (unpaired) electrons. The number of imidazole rings is 1. The van der Waals surface area contributed by atoms with Gasteiger partial charge in [-0.2, -0.15) is 5.10 Å². The maximum Gasteiger partial charge on any atom is 0.165 e. The van der Waals surface area contributed by atoms with E-state index in [9.17, 15) is 0 Å². The zero-order valence-electron chi connectivity index (χ0n) is 19.3. The third-order valence-electron chi connectivity index (χ3n) is 6.33. The lowest BCUT2D eigenvalue weighted by atomic mass is 9.80. The van der Waals surface area contributed by atoms with Gasteiger partial charge in [0, 0.05) is 30.2 Å². The van der Waals surface area contributed by atoms with Crippen LogP contribution in [-0.4, -0.2) is 45.2 Å². The van der Waals surface area contributed by atoms with E-state index in [0.717, 1.165) is 65.7 Å². The molecule has 0 amide bonds. The third kappa shape index (κ3) is 3.41. The van der Waals surface area contributed by atoms with E-state index < -0.39 is 0 Å². The Hall–Kier alpha value is -3.36. The van der Waals surface area contributed by atoms with E-state index in [0.29, 0.717) is 5.92 Å². The van der Waals surface area contributed by atoms with Crippen molar-refractivity contribution in [1.29, 1.82) is 0 Å². The van der Waals surface area contributed by atoms with Gasteiger partial charge in [-0.1, -0.05) is 13.8 Å². The quantitative estimate of drug-likeness (QED) is 0.494. The van der Waals surface area contributed by atoms with E-state index >= 15 is 0 Å². The van der Waals surface area contributed by atoms with Crippen LogP contribution in [0.25, 0.3) is 22.6 Å². The number of nitrogens with zero attached hydrogens (tertiary/aromatic N) is 7. The van der Waals surface area contributed by atoms with Gasteiger partial charge >= 0.3 is 0 Å². The first-order valence-electron chi connectivity index (χ1n) is 11.2. The van der Waals surface area contributed by atoms with Crippen LogP contribution in [0.4, 0.5) is 5.82 Å². The Morgan fingerprint density at radius 1 is 1.19 bits per heavy atom. The van der Waals surface area contributed by atoms with Crippen molar-refractivity contribution in [2.24, 2.45) is 0 Å². The number of hydrogen-bond donors (Lipinski definition) is 2. The summed E-state index contributed by atoms with van der Waals surface area (Å²) in [5, 5.41) is 11.6. The number of rotatable bonds is 5. The van der Waals surface area contributed by atoms with Crippen molar-refractivity contribution in [3.8, 4) is 11.4 Å². The molecular formula is C23H29N9. The largest absolute Gasteiger partial charge is 0.363 e. The number of nitrogens with one attached hydrogen (secondary N) is 2. The van der Waals surface area contributed by atoms with Crippen LogP contribution >= 0.6 is 0 Å². The standard InChI is InChI=1S/C23H29N9/c1-6-32-21(15-10-24-14(4)25-11-15)28-19-20(26-12-27-22(19)32)29-23(5)8-7-17-16(9-23)18(13(2)3)31-30-17/h10-13H,6-9H2,1-5H3,(H,30,31)(H,26,27,29). The molecule has 1 unspecified atom stereocenters. The molecule has 9 heteroatoms. The number of hydrogen-bond acceptors (Lipinski definition) is 7. The van der Waals surface area contributed by atoms with E-state index in [1.54, 1.807) is 6.33 Å². The van der Waals surface area contributed by atoms with Crippen molar-refractivity contribution in [3.05, 3.63) is 41.5 Å². The Balaban J connectivity index is 1.54.